The average Bonchev–Trinajstić information content (AvgIpc) is 2.36. The summed E-state index contributed by atoms with van der Waals surface area (Å²) < 4.78 is 34.3. The molecule has 1 aromatic rings. The van der Waals surface area contributed by atoms with E-state index in [1.54, 1.807) is 32.2 Å². The van der Waals surface area contributed by atoms with Gasteiger partial charge in [0.25, 0.3) is 0 Å². The molecule has 2 N–H and O–H groups in total. The number of ether oxygens (including phenoxy) is 2. The lowest BCUT2D eigenvalue weighted by Gasteiger charge is -2.09. The normalized spacial score (nSPS) is 11.7. The number of nitrogens with two attached hydrogens (primary N) is 1. The molecule has 0 aliphatic heterocycles. The molecule has 19 heavy (non-hydrogen) atoms. The molecular weight excluding hydrogens is 266 g/mol. The molecule has 0 aliphatic carbocycles. The molecular formula is C13H21NO4S. The molecule has 1 aromatic carbocycles. The first-order valence-corrected chi connectivity index (χ1v) is 7.79. The predicted octanol–water partition coefficient (Wildman–Crippen LogP) is 1.40. The minimum absolute atomic E-state index is 0.0354. The third-order valence-corrected chi connectivity index (χ3v) is 4.60. The predicted molar refractivity (Wildman–Crippen MR) is 75.0 cm³/mol. The summed E-state index contributed by atoms with van der Waals surface area (Å²) in [4.78, 5) is 0.212. The highest BCUT2D eigenvalue weighted by Crippen LogP contribution is 2.23. The number of hydrogen-bond acceptors (Lipinski definition) is 5. The van der Waals surface area contributed by atoms with Crippen molar-refractivity contribution in [1.29, 1.82) is 0 Å². The molecule has 1 rings (SSSR count). The number of anilines is 1. The molecule has 0 atom stereocenters. The van der Waals surface area contributed by atoms with E-state index in [-0.39, 0.29) is 10.6 Å². The van der Waals surface area contributed by atoms with Crippen LogP contribution in [0.15, 0.2) is 23.1 Å². The van der Waals surface area contributed by atoms with Crippen LogP contribution < -0.4 is 5.73 Å². The Morgan fingerprint density at radius 1 is 1.21 bits per heavy atom. The molecule has 5 nitrogen and oxygen atoms in total. The van der Waals surface area contributed by atoms with E-state index in [1.807, 2.05) is 0 Å². The van der Waals surface area contributed by atoms with Gasteiger partial charge in [0.05, 0.1) is 29.5 Å². The fourth-order valence-corrected chi connectivity index (χ4v) is 3.13. The number of methoxy groups -OCH3 is 1. The standard InChI is InChI=1S/C13H21NO4S/c1-11-5-3-6-12(13(11)14)19(15,16)10-4-7-18-9-8-17-2/h3,5-6H,4,7-10,14H2,1-2H3. The van der Waals surface area contributed by atoms with E-state index in [9.17, 15) is 8.42 Å². The van der Waals surface area contributed by atoms with Crippen molar-refractivity contribution in [3.05, 3.63) is 23.8 Å². The Kier molecular flexibility index (Phi) is 6.27. The van der Waals surface area contributed by atoms with Gasteiger partial charge in [0.2, 0.25) is 0 Å². The van der Waals surface area contributed by atoms with Gasteiger partial charge in [-0.1, -0.05) is 12.1 Å². The zero-order valence-corrected chi connectivity index (χ0v) is 12.2. The lowest BCUT2D eigenvalue weighted by atomic mass is 10.2. The second-order valence-corrected chi connectivity index (χ2v) is 6.34. The molecule has 0 spiro atoms. The van der Waals surface area contributed by atoms with Gasteiger partial charge in [-0.2, -0.15) is 0 Å². The largest absolute Gasteiger partial charge is 0.397 e. The SMILES string of the molecule is COCCOCCCS(=O)(=O)c1cccc(C)c1N. The molecule has 108 valence electrons. The summed E-state index contributed by atoms with van der Waals surface area (Å²) in [6, 6.07) is 5.04. The number of rotatable bonds is 8. The zero-order valence-electron chi connectivity index (χ0n) is 11.4. The van der Waals surface area contributed by atoms with Crippen LogP contribution in [0.25, 0.3) is 0 Å². The molecule has 0 heterocycles. The minimum atomic E-state index is -3.34. The topological polar surface area (TPSA) is 78.6 Å². The fourth-order valence-electron chi connectivity index (χ4n) is 1.63. The maximum absolute atomic E-state index is 12.1. The third-order valence-electron chi connectivity index (χ3n) is 2.75. The lowest BCUT2D eigenvalue weighted by Crippen LogP contribution is -2.13. The van der Waals surface area contributed by atoms with Gasteiger partial charge in [0, 0.05) is 13.7 Å². The van der Waals surface area contributed by atoms with E-state index in [2.05, 4.69) is 0 Å². The first kappa shape index (κ1) is 15.9. The summed E-state index contributed by atoms with van der Waals surface area (Å²) in [6.45, 7) is 3.18. The van der Waals surface area contributed by atoms with Crippen molar-refractivity contribution in [1.82, 2.24) is 0 Å². The Morgan fingerprint density at radius 3 is 2.63 bits per heavy atom. The quantitative estimate of drug-likeness (QED) is 0.577. The van der Waals surface area contributed by atoms with Crippen LogP contribution in [0.3, 0.4) is 0 Å². The van der Waals surface area contributed by atoms with E-state index in [4.69, 9.17) is 15.2 Å². The maximum atomic E-state index is 12.1. The van der Waals surface area contributed by atoms with Crippen molar-refractivity contribution in [3.8, 4) is 0 Å². The number of hydrogen-bond donors (Lipinski definition) is 1. The van der Waals surface area contributed by atoms with Crippen LogP contribution in [0.4, 0.5) is 5.69 Å². The van der Waals surface area contributed by atoms with Crippen LogP contribution in [0, 0.1) is 6.92 Å². The molecule has 0 aliphatic rings. The van der Waals surface area contributed by atoms with Gasteiger partial charge < -0.3 is 15.2 Å². The Hall–Kier alpha value is -1.11. The van der Waals surface area contributed by atoms with Crippen molar-refractivity contribution >= 4 is 15.5 Å². The van der Waals surface area contributed by atoms with Crippen molar-refractivity contribution in [2.75, 3.05) is 38.4 Å². The number of sulfone groups is 1. The second-order valence-electron chi connectivity index (χ2n) is 4.26. The van der Waals surface area contributed by atoms with E-state index >= 15 is 0 Å². The summed E-state index contributed by atoms with van der Waals surface area (Å²) in [6.07, 6.45) is 0.444. The monoisotopic (exact) mass is 287 g/mol. The molecule has 6 heteroatoms. The number of nitrogen functional groups attached to an aromatic ring is 1. The molecule has 0 amide bonds. The molecule has 0 saturated heterocycles. The van der Waals surface area contributed by atoms with Crippen molar-refractivity contribution in [3.63, 3.8) is 0 Å². The van der Waals surface area contributed by atoms with Gasteiger partial charge in [-0.15, -0.1) is 0 Å². The van der Waals surface area contributed by atoms with Crippen LogP contribution in [0.2, 0.25) is 0 Å². The van der Waals surface area contributed by atoms with E-state index in [0.29, 0.717) is 31.9 Å². The van der Waals surface area contributed by atoms with Gasteiger partial charge in [0.15, 0.2) is 9.84 Å². The highest BCUT2D eigenvalue weighted by Gasteiger charge is 2.17. The molecule has 0 bridgehead atoms. The second kappa shape index (κ2) is 7.47. The first-order chi connectivity index (χ1) is 8.99. The molecule has 0 fully saturated rings. The van der Waals surface area contributed by atoms with E-state index < -0.39 is 9.84 Å². The average molecular weight is 287 g/mol. The van der Waals surface area contributed by atoms with Gasteiger partial charge in [-0.3, -0.25) is 0 Å². The van der Waals surface area contributed by atoms with Crippen molar-refractivity contribution in [2.45, 2.75) is 18.2 Å². The highest BCUT2D eigenvalue weighted by atomic mass is 32.2. The van der Waals surface area contributed by atoms with Gasteiger partial charge in [-0.05, 0) is 25.0 Å². The summed E-state index contributed by atoms with van der Waals surface area (Å²) in [5.74, 6) is 0.0354. The number of para-hydroxylation sites is 1. The fraction of sp³-hybridized carbons (Fsp3) is 0.538. The maximum Gasteiger partial charge on any atom is 0.180 e. The molecule has 0 unspecified atom stereocenters. The van der Waals surface area contributed by atoms with Crippen LogP contribution in [-0.4, -0.2) is 41.1 Å². The van der Waals surface area contributed by atoms with Gasteiger partial charge in [0.1, 0.15) is 0 Å². The Morgan fingerprint density at radius 2 is 1.95 bits per heavy atom. The van der Waals surface area contributed by atoms with Crippen molar-refractivity contribution < 1.29 is 17.9 Å². The summed E-state index contributed by atoms with van der Waals surface area (Å²) in [5, 5.41) is 0. The van der Waals surface area contributed by atoms with Crippen molar-refractivity contribution in [2.24, 2.45) is 0 Å². The van der Waals surface area contributed by atoms with Crippen LogP contribution in [0.5, 0.6) is 0 Å². The third kappa shape index (κ3) is 4.81. The lowest BCUT2D eigenvalue weighted by molar-refractivity contribution is 0.0712. The summed E-state index contributed by atoms with van der Waals surface area (Å²) in [5.41, 5.74) is 6.92. The summed E-state index contributed by atoms with van der Waals surface area (Å²) in [7, 11) is -1.75. The Bertz CT molecular complexity index is 499. The molecule has 0 saturated carbocycles. The first-order valence-electron chi connectivity index (χ1n) is 6.13. The Balaban J connectivity index is 2.54. The van der Waals surface area contributed by atoms with Crippen LogP contribution in [-0.2, 0) is 19.3 Å². The van der Waals surface area contributed by atoms with E-state index in [0.717, 1.165) is 5.56 Å². The highest BCUT2D eigenvalue weighted by molar-refractivity contribution is 7.91. The van der Waals surface area contributed by atoms with Crippen LogP contribution in [0.1, 0.15) is 12.0 Å². The zero-order chi connectivity index (χ0) is 14.3. The smallest absolute Gasteiger partial charge is 0.180 e. The van der Waals surface area contributed by atoms with Gasteiger partial charge in [-0.25, -0.2) is 8.42 Å². The van der Waals surface area contributed by atoms with E-state index in [1.165, 1.54) is 0 Å². The minimum Gasteiger partial charge on any atom is -0.397 e. The number of benzene rings is 1. The van der Waals surface area contributed by atoms with Crippen LogP contribution >= 0.6 is 0 Å². The molecule has 0 aromatic heterocycles. The van der Waals surface area contributed by atoms with Gasteiger partial charge >= 0.3 is 0 Å². The number of aryl methyl sites for hydroxylation is 1. The molecule has 0 radical (unpaired) electrons. The summed E-state index contributed by atoms with van der Waals surface area (Å²) >= 11 is 0. The Labute approximate surface area is 114 Å².